The standard InChI is InChI=1S/C19H21ClN4O3/c1-12-4-3-9-24(11-12)17(25)15-7-8-21-19(22-15)23-16-10-13(18(26)27-2)5-6-14(16)20/h5-8,10,12H,3-4,9,11H2,1-2H3,(H,21,22,23). The predicted molar refractivity (Wildman–Crippen MR) is 102 cm³/mol. The van der Waals surface area contributed by atoms with Gasteiger partial charge in [0.05, 0.1) is 23.4 Å². The number of benzene rings is 1. The molecule has 1 atom stereocenters. The summed E-state index contributed by atoms with van der Waals surface area (Å²) < 4.78 is 4.72. The molecule has 1 N–H and O–H groups in total. The average Bonchev–Trinajstić information content (AvgIpc) is 2.68. The third-order valence-electron chi connectivity index (χ3n) is 4.45. The third kappa shape index (κ3) is 4.54. The number of nitrogens with zero attached hydrogens (tertiary/aromatic N) is 3. The van der Waals surface area contributed by atoms with Crippen LogP contribution in [0.15, 0.2) is 30.5 Å². The molecule has 7 nitrogen and oxygen atoms in total. The summed E-state index contributed by atoms with van der Waals surface area (Å²) in [6.45, 7) is 3.62. The number of halogens is 1. The Morgan fingerprint density at radius 1 is 1.33 bits per heavy atom. The second-order valence-corrected chi connectivity index (χ2v) is 6.98. The minimum absolute atomic E-state index is 0.110. The van der Waals surface area contributed by atoms with Crippen LogP contribution in [0.1, 0.15) is 40.6 Å². The lowest BCUT2D eigenvalue weighted by atomic mass is 10.00. The topological polar surface area (TPSA) is 84.4 Å². The molecule has 1 aromatic carbocycles. The normalized spacial score (nSPS) is 16.7. The Labute approximate surface area is 162 Å². The minimum Gasteiger partial charge on any atom is -0.465 e. The van der Waals surface area contributed by atoms with Crippen molar-refractivity contribution in [1.82, 2.24) is 14.9 Å². The van der Waals surface area contributed by atoms with Crippen LogP contribution in [0.25, 0.3) is 0 Å². The molecule has 0 bridgehead atoms. The quantitative estimate of drug-likeness (QED) is 0.806. The van der Waals surface area contributed by atoms with Gasteiger partial charge >= 0.3 is 5.97 Å². The van der Waals surface area contributed by atoms with Crippen molar-refractivity contribution in [2.75, 3.05) is 25.5 Å². The number of ether oxygens (including phenoxy) is 1. The summed E-state index contributed by atoms with van der Waals surface area (Å²) in [5, 5.41) is 3.36. The van der Waals surface area contributed by atoms with Gasteiger partial charge in [0, 0.05) is 19.3 Å². The summed E-state index contributed by atoms with van der Waals surface area (Å²) in [5.41, 5.74) is 1.12. The van der Waals surface area contributed by atoms with Gasteiger partial charge in [0.15, 0.2) is 0 Å². The van der Waals surface area contributed by atoms with Gasteiger partial charge in [-0.3, -0.25) is 4.79 Å². The lowest BCUT2D eigenvalue weighted by molar-refractivity contribution is 0.0600. The Morgan fingerprint density at radius 3 is 2.89 bits per heavy atom. The van der Waals surface area contributed by atoms with Gasteiger partial charge in [0.25, 0.3) is 5.91 Å². The number of piperidine rings is 1. The maximum atomic E-state index is 12.7. The first-order chi connectivity index (χ1) is 13.0. The number of esters is 1. The van der Waals surface area contributed by atoms with Crippen LogP contribution < -0.4 is 5.32 Å². The summed E-state index contributed by atoms with van der Waals surface area (Å²) in [7, 11) is 1.31. The number of methoxy groups -OCH3 is 1. The monoisotopic (exact) mass is 388 g/mol. The molecular formula is C19H21ClN4O3. The first kappa shape index (κ1) is 19.1. The van der Waals surface area contributed by atoms with Gasteiger partial charge in [-0.1, -0.05) is 18.5 Å². The Kier molecular flexibility index (Phi) is 5.91. The molecule has 1 saturated heterocycles. The van der Waals surface area contributed by atoms with Gasteiger partial charge in [-0.05, 0) is 43.0 Å². The molecule has 1 amide bonds. The molecule has 1 aromatic heterocycles. The van der Waals surface area contributed by atoms with Crippen molar-refractivity contribution in [1.29, 1.82) is 0 Å². The van der Waals surface area contributed by atoms with E-state index in [2.05, 4.69) is 22.2 Å². The number of hydrogen-bond donors (Lipinski definition) is 1. The van der Waals surface area contributed by atoms with Crippen LogP contribution in [-0.4, -0.2) is 46.9 Å². The van der Waals surface area contributed by atoms with Crippen LogP contribution in [0.4, 0.5) is 11.6 Å². The summed E-state index contributed by atoms with van der Waals surface area (Å²) >= 11 is 6.19. The maximum absolute atomic E-state index is 12.7. The summed E-state index contributed by atoms with van der Waals surface area (Å²) in [6.07, 6.45) is 3.66. The molecular weight excluding hydrogens is 368 g/mol. The average molecular weight is 389 g/mol. The number of nitrogens with one attached hydrogen (secondary N) is 1. The van der Waals surface area contributed by atoms with E-state index in [-0.39, 0.29) is 11.9 Å². The van der Waals surface area contributed by atoms with E-state index in [1.807, 2.05) is 4.90 Å². The van der Waals surface area contributed by atoms with Crippen LogP contribution in [0.2, 0.25) is 5.02 Å². The molecule has 8 heteroatoms. The number of likely N-dealkylation sites (tertiary alicyclic amines) is 1. The van der Waals surface area contributed by atoms with Crippen LogP contribution >= 0.6 is 11.6 Å². The Bertz CT molecular complexity index is 859. The Morgan fingerprint density at radius 2 is 2.15 bits per heavy atom. The number of rotatable bonds is 4. The molecule has 1 aliphatic heterocycles. The fourth-order valence-corrected chi connectivity index (χ4v) is 3.23. The highest BCUT2D eigenvalue weighted by molar-refractivity contribution is 6.33. The molecule has 0 spiro atoms. The van der Waals surface area contributed by atoms with E-state index in [1.54, 1.807) is 24.3 Å². The second kappa shape index (κ2) is 8.35. The first-order valence-electron chi connectivity index (χ1n) is 8.75. The highest BCUT2D eigenvalue weighted by Gasteiger charge is 2.23. The van der Waals surface area contributed by atoms with Gasteiger partial charge in [0.2, 0.25) is 5.95 Å². The van der Waals surface area contributed by atoms with Gasteiger partial charge < -0.3 is 15.0 Å². The van der Waals surface area contributed by atoms with Crippen LogP contribution in [-0.2, 0) is 4.74 Å². The highest BCUT2D eigenvalue weighted by atomic mass is 35.5. The number of amides is 1. The molecule has 1 fully saturated rings. The number of aromatic nitrogens is 2. The largest absolute Gasteiger partial charge is 0.465 e. The van der Waals surface area contributed by atoms with Crippen molar-refractivity contribution in [2.45, 2.75) is 19.8 Å². The van der Waals surface area contributed by atoms with E-state index in [4.69, 9.17) is 16.3 Å². The maximum Gasteiger partial charge on any atom is 0.337 e. The molecule has 27 heavy (non-hydrogen) atoms. The van der Waals surface area contributed by atoms with Crippen molar-refractivity contribution in [3.63, 3.8) is 0 Å². The second-order valence-electron chi connectivity index (χ2n) is 6.58. The van der Waals surface area contributed by atoms with Crippen LogP contribution in [0, 0.1) is 5.92 Å². The van der Waals surface area contributed by atoms with Gasteiger partial charge in [-0.25, -0.2) is 14.8 Å². The Hall–Kier alpha value is -2.67. The van der Waals surface area contributed by atoms with E-state index < -0.39 is 5.97 Å². The fourth-order valence-electron chi connectivity index (χ4n) is 3.06. The molecule has 0 radical (unpaired) electrons. The number of carbonyl (C=O) groups excluding carboxylic acids is 2. The molecule has 2 aromatic rings. The van der Waals surface area contributed by atoms with Crippen LogP contribution in [0.3, 0.4) is 0 Å². The molecule has 2 heterocycles. The zero-order valence-electron chi connectivity index (χ0n) is 15.2. The van der Waals surface area contributed by atoms with E-state index in [0.29, 0.717) is 27.9 Å². The number of carbonyl (C=O) groups is 2. The first-order valence-corrected chi connectivity index (χ1v) is 9.13. The van der Waals surface area contributed by atoms with Gasteiger partial charge in [-0.2, -0.15) is 0 Å². The lowest BCUT2D eigenvalue weighted by Crippen LogP contribution is -2.39. The third-order valence-corrected chi connectivity index (χ3v) is 4.78. The zero-order valence-corrected chi connectivity index (χ0v) is 16.0. The molecule has 3 rings (SSSR count). The van der Waals surface area contributed by atoms with E-state index >= 15 is 0 Å². The van der Waals surface area contributed by atoms with Crippen molar-refractivity contribution in [3.05, 3.63) is 46.7 Å². The fraction of sp³-hybridized carbons (Fsp3) is 0.368. The van der Waals surface area contributed by atoms with Gasteiger partial charge in [0.1, 0.15) is 5.69 Å². The van der Waals surface area contributed by atoms with Crippen LogP contribution in [0.5, 0.6) is 0 Å². The summed E-state index contributed by atoms with van der Waals surface area (Å²) in [4.78, 5) is 34.7. The van der Waals surface area contributed by atoms with Crippen molar-refractivity contribution < 1.29 is 14.3 Å². The minimum atomic E-state index is -0.473. The van der Waals surface area contributed by atoms with E-state index in [1.165, 1.54) is 13.3 Å². The summed E-state index contributed by atoms with van der Waals surface area (Å²) in [5.74, 6) is 0.136. The van der Waals surface area contributed by atoms with E-state index in [9.17, 15) is 9.59 Å². The lowest BCUT2D eigenvalue weighted by Gasteiger charge is -2.30. The molecule has 1 aliphatic rings. The molecule has 142 valence electrons. The predicted octanol–water partition coefficient (Wildman–Crippen LogP) is 3.53. The van der Waals surface area contributed by atoms with E-state index in [0.717, 1.165) is 25.9 Å². The van der Waals surface area contributed by atoms with Crippen molar-refractivity contribution in [2.24, 2.45) is 5.92 Å². The smallest absolute Gasteiger partial charge is 0.337 e. The van der Waals surface area contributed by atoms with Crippen molar-refractivity contribution >= 4 is 35.1 Å². The summed E-state index contributed by atoms with van der Waals surface area (Å²) in [6, 6.07) is 6.30. The molecule has 0 aliphatic carbocycles. The highest BCUT2D eigenvalue weighted by Crippen LogP contribution is 2.26. The van der Waals surface area contributed by atoms with Gasteiger partial charge in [-0.15, -0.1) is 0 Å². The number of anilines is 2. The molecule has 0 saturated carbocycles. The zero-order chi connectivity index (χ0) is 19.4. The number of hydrogen-bond acceptors (Lipinski definition) is 6. The van der Waals surface area contributed by atoms with Crippen molar-refractivity contribution in [3.8, 4) is 0 Å². The molecule has 1 unspecified atom stereocenters. The SMILES string of the molecule is COC(=O)c1ccc(Cl)c(Nc2nccc(C(=O)N3CCCC(C)C3)n2)c1. The Balaban J connectivity index is 1.80.